The largest absolute Gasteiger partial charge is 0.241 e. The monoisotopic (exact) mass is 310 g/mol. The van der Waals surface area contributed by atoms with Gasteiger partial charge in [0.05, 0.1) is 16.8 Å². The van der Waals surface area contributed by atoms with Crippen LogP contribution < -0.4 is 0 Å². The second kappa shape index (κ2) is 5.39. The lowest BCUT2D eigenvalue weighted by molar-refractivity contribution is 0.630. The van der Waals surface area contributed by atoms with E-state index < -0.39 is 0 Å². The molecule has 17 heavy (non-hydrogen) atoms. The summed E-state index contributed by atoms with van der Waals surface area (Å²) in [5.74, 6) is -0.287. The van der Waals surface area contributed by atoms with E-state index in [1.165, 1.54) is 17.4 Å². The average molecular weight is 311 g/mol. The number of benzene rings is 1. The first-order valence-electron chi connectivity index (χ1n) is 4.97. The molecule has 5 heteroatoms. The molecule has 0 radical (unpaired) electrons. The molecule has 2 aromatic rings. The number of aromatic nitrogens is 1. The Bertz CT molecular complexity index is 574. The van der Waals surface area contributed by atoms with Crippen molar-refractivity contribution < 1.29 is 4.39 Å². The standard InChI is InChI=1S/C12H8BrFN2S/c13-8-3-4-10(14)9(6-8)11-7-17-12(16-11)2-1-5-15/h3-4,6-7H,1-2H2. The Morgan fingerprint density at radius 3 is 3.06 bits per heavy atom. The topological polar surface area (TPSA) is 36.7 Å². The number of halogens is 2. The van der Waals surface area contributed by atoms with Gasteiger partial charge in [0.15, 0.2) is 0 Å². The minimum Gasteiger partial charge on any atom is -0.241 e. The van der Waals surface area contributed by atoms with Crippen molar-refractivity contribution in [1.29, 1.82) is 5.26 Å². The summed E-state index contributed by atoms with van der Waals surface area (Å²) in [6.07, 6.45) is 1.06. The second-order valence-electron chi connectivity index (χ2n) is 3.41. The summed E-state index contributed by atoms with van der Waals surface area (Å²) < 4.78 is 14.4. The molecule has 0 bridgehead atoms. The smallest absolute Gasteiger partial charge is 0.132 e. The molecule has 0 aliphatic heterocycles. The number of nitrogens with zero attached hydrogens (tertiary/aromatic N) is 2. The summed E-state index contributed by atoms with van der Waals surface area (Å²) in [7, 11) is 0. The van der Waals surface area contributed by atoms with E-state index in [1.54, 1.807) is 12.1 Å². The van der Waals surface area contributed by atoms with Crippen molar-refractivity contribution in [2.75, 3.05) is 0 Å². The Kier molecular flexibility index (Phi) is 3.87. The van der Waals surface area contributed by atoms with Gasteiger partial charge in [0.1, 0.15) is 5.82 Å². The van der Waals surface area contributed by atoms with E-state index in [0.717, 1.165) is 9.48 Å². The molecule has 0 atom stereocenters. The van der Waals surface area contributed by atoms with Crippen LogP contribution in [0, 0.1) is 17.1 Å². The zero-order valence-corrected chi connectivity index (χ0v) is 11.2. The van der Waals surface area contributed by atoms with Crippen LogP contribution in [0.3, 0.4) is 0 Å². The highest BCUT2D eigenvalue weighted by molar-refractivity contribution is 9.10. The lowest BCUT2D eigenvalue weighted by Gasteiger charge is -1.99. The normalized spacial score (nSPS) is 10.2. The van der Waals surface area contributed by atoms with E-state index in [4.69, 9.17) is 5.26 Å². The molecule has 2 rings (SSSR count). The van der Waals surface area contributed by atoms with Crippen molar-refractivity contribution in [2.24, 2.45) is 0 Å². The maximum Gasteiger partial charge on any atom is 0.132 e. The summed E-state index contributed by atoms with van der Waals surface area (Å²) in [4.78, 5) is 4.33. The van der Waals surface area contributed by atoms with Gasteiger partial charge in [-0.2, -0.15) is 5.26 Å². The van der Waals surface area contributed by atoms with Crippen LogP contribution in [-0.2, 0) is 6.42 Å². The first-order valence-corrected chi connectivity index (χ1v) is 6.65. The van der Waals surface area contributed by atoms with Gasteiger partial charge in [-0.1, -0.05) is 15.9 Å². The van der Waals surface area contributed by atoms with E-state index in [0.29, 0.717) is 24.1 Å². The molecule has 0 aliphatic rings. The highest BCUT2D eigenvalue weighted by atomic mass is 79.9. The second-order valence-corrected chi connectivity index (χ2v) is 5.27. The molecule has 0 aliphatic carbocycles. The van der Waals surface area contributed by atoms with Gasteiger partial charge >= 0.3 is 0 Å². The van der Waals surface area contributed by atoms with Crippen LogP contribution in [0.4, 0.5) is 4.39 Å². The van der Waals surface area contributed by atoms with Crippen molar-refractivity contribution in [3.63, 3.8) is 0 Å². The predicted octanol–water partition coefficient (Wildman–Crippen LogP) is 4.17. The maximum absolute atomic E-state index is 13.6. The Morgan fingerprint density at radius 1 is 1.47 bits per heavy atom. The van der Waals surface area contributed by atoms with Crippen molar-refractivity contribution in [2.45, 2.75) is 12.8 Å². The molecule has 86 valence electrons. The van der Waals surface area contributed by atoms with Crippen LogP contribution in [0.2, 0.25) is 0 Å². The minimum atomic E-state index is -0.287. The minimum absolute atomic E-state index is 0.287. The summed E-state index contributed by atoms with van der Waals surface area (Å²) in [6, 6.07) is 6.84. The van der Waals surface area contributed by atoms with E-state index in [2.05, 4.69) is 27.0 Å². The van der Waals surface area contributed by atoms with Gasteiger partial charge in [-0.05, 0) is 18.2 Å². The van der Waals surface area contributed by atoms with Crippen LogP contribution in [0.1, 0.15) is 11.4 Å². The molecule has 0 spiro atoms. The van der Waals surface area contributed by atoms with Gasteiger partial charge < -0.3 is 0 Å². The zero-order chi connectivity index (χ0) is 12.3. The molecular formula is C12H8BrFN2S. The number of hydrogen-bond acceptors (Lipinski definition) is 3. The van der Waals surface area contributed by atoms with Crippen LogP contribution in [-0.4, -0.2) is 4.98 Å². The van der Waals surface area contributed by atoms with Crippen molar-refractivity contribution in [3.05, 3.63) is 38.9 Å². The van der Waals surface area contributed by atoms with Crippen LogP contribution in [0.15, 0.2) is 28.1 Å². The number of rotatable bonds is 3. The maximum atomic E-state index is 13.6. The van der Waals surface area contributed by atoms with Crippen molar-refractivity contribution in [3.8, 4) is 17.3 Å². The predicted molar refractivity (Wildman–Crippen MR) is 69.1 cm³/mol. The van der Waals surface area contributed by atoms with Gasteiger partial charge in [0.2, 0.25) is 0 Å². The van der Waals surface area contributed by atoms with Crippen LogP contribution in [0.5, 0.6) is 0 Å². The van der Waals surface area contributed by atoms with Crippen LogP contribution in [0.25, 0.3) is 11.3 Å². The molecule has 1 heterocycles. The molecule has 0 unspecified atom stereocenters. The van der Waals surface area contributed by atoms with Gasteiger partial charge in [-0.3, -0.25) is 0 Å². The SMILES string of the molecule is N#CCCc1nc(-c2cc(Br)ccc2F)cs1. The first-order chi connectivity index (χ1) is 8.20. The van der Waals surface area contributed by atoms with Gasteiger partial charge in [0.25, 0.3) is 0 Å². The van der Waals surface area contributed by atoms with E-state index in [9.17, 15) is 4.39 Å². The number of aryl methyl sites for hydroxylation is 1. The average Bonchev–Trinajstić information content (AvgIpc) is 2.78. The summed E-state index contributed by atoms with van der Waals surface area (Å²) in [5.41, 5.74) is 1.11. The molecule has 0 fully saturated rings. The van der Waals surface area contributed by atoms with E-state index in [1.807, 2.05) is 5.38 Å². The fourth-order valence-corrected chi connectivity index (χ4v) is 2.57. The molecule has 0 amide bonds. The van der Waals surface area contributed by atoms with Crippen molar-refractivity contribution >= 4 is 27.3 Å². The van der Waals surface area contributed by atoms with Crippen molar-refractivity contribution in [1.82, 2.24) is 4.98 Å². The van der Waals surface area contributed by atoms with Crippen LogP contribution >= 0.6 is 27.3 Å². The highest BCUT2D eigenvalue weighted by Gasteiger charge is 2.09. The number of thiazole rings is 1. The van der Waals surface area contributed by atoms with E-state index in [-0.39, 0.29) is 5.82 Å². The Labute approximate surface area is 111 Å². The zero-order valence-electron chi connectivity index (χ0n) is 8.78. The fraction of sp³-hybridized carbons (Fsp3) is 0.167. The first kappa shape index (κ1) is 12.2. The van der Waals surface area contributed by atoms with E-state index >= 15 is 0 Å². The molecule has 2 nitrogen and oxygen atoms in total. The quantitative estimate of drug-likeness (QED) is 0.853. The number of nitriles is 1. The third kappa shape index (κ3) is 2.90. The van der Waals surface area contributed by atoms with Gasteiger partial charge in [-0.15, -0.1) is 11.3 Å². The Hall–Kier alpha value is -1.25. The number of hydrogen-bond donors (Lipinski definition) is 0. The Morgan fingerprint density at radius 2 is 2.29 bits per heavy atom. The summed E-state index contributed by atoms with van der Waals surface area (Å²) >= 11 is 4.76. The molecule has 1 aromatic heterocycles. The lowest BCUT2D eigenvalue weighted by atomic mass is 10.1. The third-order valence-electron chi connectivity index (χ3n) is 2.21. The Balaban J connectivity index is 2.30. The lowest BCUT2D eigenvalue weighted by Crippen LogP contribution is -1.86. The molecule has 0 saturated carbocycles. The highest BCUT2D eigenvalue weighted by Crippen LogP contribution is 2.27. The third-order valence-corrected chi connectivity index (χ3v) is 3.61. The molecular weight excluding hydrogens is 303 g/mol. The van der Waals surface area contributed by atoms with Gasteiger partial charge in [-0.25, -0.2) is 9.37 Å². The van der Waals surface area contributed by atoms with Gasteiger partial charge in [0, 0.05) is 28.3 Å². The molecule has 0 N–H and O–H groups in total. The molecule has 1 aromatic carbocycles. The summed E-state index contributed by atoms with van der Waals surface area (Å²) in [5, 5.41) is 11.2. The molecule has 0 saturated heterocycles. The fourth-order valence-electron chi connectivity index (χ4n) is 1.41. The summed E-state index contributed by atoms with van der Waals surface area (Å²) in [6.45, 7) is 0.